The average Bonchev–Trinajstić information content (AvgIpc) is 3.10. The van der Waals surface area contributed by atoms with E-state index in [-0.39, 0.29) is 13.0 Å². The first kappa shape index (κ1) is 28.3. The van der Waals surface area contributed by atoms with Crippen molar-refractivity contribution < 1.29 is 40.4 Å². The number of rotatable bonds is 8. The first-order chi connectivity index (χ1) is 15.7. The molecule has 1 unspecified atom stereocenters. The highest BCUT2D eigenvalue weighted by atomic mass is 35.5. The number of ether oxygens (including phenoxy) is 2. The van der Waals surface area contributed by atoms with Crippen molar-refractivity contribution in [2.75, 3.05) is 32.7 Å². The van der Waals surface area contributed by atoms with Gasteiger partial charge in [0, 0.05) is 34.2 Å². The summed E-state index contributed by atoms with van der Waals surface area (Å²) in [7, 11) is 3.95. The number of halogens is 8. The topological polar surface area (TPSA) is 86.4 Å². The van der Waals surface area contributed by atoms with Crippen molar-refractivity contribution in [1.29, 1.82) is 5.26 Å². The first-order valence-electron chi connectivity index (χ1n) is 9.02. The fourth-order valence-corrected chi connectivity index (χ4v) is 4.46. The van der Waals surface area contributed by atoms with E-state index in [2.05, 4.69) is 5.10 Å². The predicted octanol–water partition coefficient (Wildman–Crippen LogP) is 5.14. The van der Waals surface area contributed by atoms with E-state index in [0.29, 0.717) is 16.8 Å². The van der Waals surface area contributed by atoms with E-state index in [9.17, 15) is 36.2 Å². The van der Waals surface area contributed by atoms with E-state index < -0.39 is 66.9 Å². The number of benzene rings is 1. The predicted molar refractivity (Wildman–Crippen MR) is 111 cm³/mol. The summed E-state index contributed by atoms with van der Waals surface area (Å²) in [6.07, 6.45) is -5.47. The Labute approximate surface area is 202 Å². The van der Waals surface area contributed by atoms with Gasteiger partial charge in [0.25, 0.3) is 0 Å². The quantitative estimate of drug-likeness (QED) is 0.256. The Morgan fingerprint density at radius 1 is 1.18 bits per heavy atom. The summed E-state index contributed by atoms with van der Waals surface area (Å²) in [4.78, 5) is 0.151. The van der Waals surface area contributed by atoms with Crippen LogP contribution in [-0.4, -0.2) is 53.9 Å². The monoisotopic (exact) mass is 552 g/mol. The van der Waals surface area contributed by atoms with Crippen LogP contribution in [0, 0.1) is 11.3 Å². The largest absolute Gasteiger partial charge is 0.604 e. The molecule has 0 spiro atoms. The molecule has 0 saturated carbocycles. The van der Waals surface area contributed by atoms with Crippen molar-refractivity contribution in [2.24, 2.45) is 0 Å². The van der Waals surface area contributed by atoms with E-state index in [1.165, 1.54) is 27.3 Å². The fraction of sp³-hybridized carbons (Fsp3) is 0.444. The number of hydrogen-bond acceptors (Lipinski definition) is 6. The van der Waals surface area contributed by atoms with E-state index in [0.717, 1.165) is 4.90 Å². The zero-order valence-electron chi connectivity index (χ0n) is 17.6. The molecule has 0 aliphatic rings. The third kappa shape index (κ3) is 6.02. The maximum absolute atomic E-state index is 13.4. The third-order valence-electron chi connectivity index (χ3n) is 4.46. The minimum atomic E-state index is -5.27. The molecule has 0 aliphatic carbocycles. The molecule has 0 saturated heterocycles. The summed E-state index contributed by atoms with van der Waals surface area (Å²) < 4.78 is 103. The maximum Gasteiger partial charge on any atom is 0.578 e. The lowest BCUT2D eigenvalue weighted by Crippen LogP contribution is -2.30. The molecular weight excluding hydrogens is 537 g/mol. The van der Waals surface area contributed by atoms with Gasteiger partial charge in [0.15, 0.2) is 12.1 Å². The van der Waals surface area contributed by atoms with Gasteiger partial charge >= 0.3 is 11.7 Å². The van der Waals surface area contributed by atoms with Crippen molar-refractivity contribution in [2.45, 2.75) is 29.3 Å². The molecule has 1 atom stereocenters. The van der Waals surface area contributed by atoms with Gasteiger partial charge in [-0.3, -0.25) is 0 Å². The molecule has 0 bridgehead atoms. The molecule has 2 aromatic rings. The van der Waals surface area contributed by atoms with Crippen molar-refractivity contribution in [3.8, 4) is 11.8 Å². The SMILES string of the molecule is COC(CCN(C)c1c([S+]([O-])C(F)(F)F)c(C#N)nn1-c1c(Cl)cc(C(F)(F)F)cc1Cl)OC. The van der Waals surface area contributed by atoms with Gasteiger partial charge in [0.05, 0.1) is 15.6 Å². The number of methoxy groups -OCH3 is 2. The minimum Gasteiger partial charge on any atom is -0.604 e. The van der Waals surface area contributed by atoms with Crippen LogP contribution in [-0.2, 0) is 26.8 Å². The number of aromatic nitrogens is 2. The van der Waals surface area contributed by atoms with E-state index in [1.54, 1.807) is 0 Å². The van der Waals surface area contributed by atoms with Crippen molar-refractivity contribution in [1.82, 2.24) is 9.78 Å². The van der Waals surface area contributed by atoms with E-state index >= 15 is 0 Å². The third-order valence-corrected chi connectivity index (χ3v) is 6.21. The summed E-state index contributed by atoms with van der Waals surface area (Å²) in [6, 6.07) is 2.44. The second-order valence-electron chi connectivity index (χ2n) is 6.64. The molecule has 0 aliphatic heterocycles. The Morgan fingerprint density at radius 3 is 2.12 bits per heavy atom. The molecule has 34 heavy (non-hydrogen) atoms. The molecule has 0 fully saturated rings. The Balaban J connectivity index is 2.79. The molecule has 1 heterocycles. The highest BCUT2D eigenvalue weighted by molar-refractivity contribution is 7.92. The molecule has 1 aromatic carbocycles. The molecule has 0 N–H and O–H groups in total. The van der Waals surface area contributed by atoms with Crippen molar-refractivity contribution in [3.63, 3.8) is 0 Å². The van der Waals surface area contributed by atoms with Crippen molar-refractivity contribution >= 4 is 40.2 Å². The summed E-state index contributed by atoms with van der Waals surface area (Å²) in [5.41, 5.74) is -7.80. The Kier molecular flexibility index (Phi) is 9.00. The molecule has 0 amide bonds. The van der Waals surface area contributed by atoms with Crippen molar-refractivity contribution in [3.05, 3.63) is 33.4 Å². The summed E-state index contributed by atoms with van der Waals surface area (Å²) >= 11 is 8.30. The van der Waals surface area contributed by atoms with Crippen LogP contribution < -0.4 is 4.90 Å². The van der Waals surface area contributed by atoms with Gasteiger partial charge < -0.3 is 18.9 Å². The van der Waals surface area contributed by atoms with Gasteiger partial charge in [0.2, 0.25) is 10.6 Å². The lowest BCUT2D eigenvalue weighted by atomic mass is 10.2. The van der Waals surface area contributed by atoms with E-state index in [4.69, 9.17) is 32.7 Å². The van der Waals surface area contributed by atoms with Crippen LogP contribution in [0.1, 0.15) is 17.7 Å². The first-order valence-corrected chi connectivity index (χ1v) is 10.9. The summed E-state index contributed by atoms with van der Waals surface area (Å²) in [5, 5.41) is 11.9. The molecule has 2 rings (SSSR count). The van der Waals surface area contributed by atoms with Crippen LogP contribution in [0.3, 0.4) is 0 Å². The average molecular weight is 553 g/mol. The number of nitriles is 1. The minimum absolute atomic E-state index is 0.0686. The van der Waals surface area contributed by atoms with Gasteiger partial charge in [-0.15, -0.1) is 18.3 Å². The number of anilines is 1. The number of nitrogens with zero attached hydrogens (tertiary/aromatic N) is 4. The standard InChI is InChI=1S/C18H16Cl2F6N4O3S/c1-29(5-4-13(32-2)33-3)16-15(34(31)18(24,25)26)12(8-27)28-30(16)14-10(19)6-9(7-11(14)20)17(21,22)23/h6-7,13H,4-5H2,1-3H3. The van der Waals surface area contributed by atoms with Crippen LogP contribution in [0.5, 0.6) is 0 Å². The number of hydrogen-bond donors (Lipinski definition) is 0. The fourth-order valence-electron chi connectivity index (χ4n) is 2.91. The normalized spacial score (nSPS) is 13.3. The van der Waals surface area contributed by atoms with Gasteiger partial charge in [-0.2, -0.15) is 18.4 Å². The van der Waals surface area contributed by atoms with Crippen LogP contribution in [0.15, 0.2) is 17.0 Å². The number of alkyl halides is 6. The van der Waals surface area contributed by atoms with E-state index in [1.807, 2.05) is 0 Å². The highest BCUT2D eigenvalue weighted by Crippen LogP contribution is 2.43. The van der Waals surface area contributed by atoms with Crippen LogP contribution >= 0.6 is 23.2 Å². The molecule has 0 radical (unpaired) electrons. The molecule has 188 valence electrons. The second-order valence-corrected chi connectivity index (χ2v) is 8.86. The Hall–Kier alpha value is -1.89. The van der Waals surface area contributed by atoms with Crippen LogP contribution in [0.4, 0.5) is 32.2 Å². The zero-order valence-corrected chi connectivity index (χ0v) is 19.9. The summed E-state index contributed by atoms with van der Waals surface area (Å²) in [6.45, 7) is -0.0686. The van der Waals surface area contributed by atoms with Crippen LogP contribution in [0.25, 0.3) is 5.69 Å². The Bertz CT molecular complexity index is 1050. The highest BCUT2D eigenvalue weighted by Gasteiger charge is 2.51. The second kappa shape index (κ2) is 10.8. The Morgan fingerprint density at radius 2 is 1.71 bits per heavy atom. The maximum atomic E-state index is 13.4. The smallest absolute Gasteiger partial charge is 0.578 e. The summed E-state index contributed by atoms with van der Waals surface area (Å²) in [5.74, 6) is -0.512. The zero-order chi connectivity index (χ0) is 26.0. The molecule has 7 nitrogen and oxygen atoms in total. The van der Waals surface area contributed by atoms with Crippen LogP contribution in [0.2, 0.25) is 10.0 Å². The molecule has 16 heteroatoms. The van der Waals surface area contributed by atoms with Gasteiger partial charge in [-0.1, -0.05) is 23.2 Å². The lowest BCUT2D eigenvalue weighted by molar-refractivity contribution is -0.137. The lowest BCUT2D eigenvalue weighted by Gasteiger charge is -2.24. The van der Waals surface area contributed by atoms with Gasteiger partial charge in [0.1, 0.15) is 22.9 Å². The molecule has 1 aromatic heterocycles. The van der Waals surface area contributed by atoms with Gasteiger partial charge in [-0.05, 0) is 12.1 Å². The van der Waals surface area contributed by atoms with Gasteiger partial charge in [-0.25, -0.2) is 4.68 Å². The molecular formula is C18H16Cl2F6N4O3S.